The van der Waals surface area contributed by atoms with Gasteiger partial charge in [0.1, 0.15) is 24.7 Å². The van der Waals surface area contributed by atoms with Crippen molar-refractivity contribution in [2.24, 2.45) is 5.73 Å². The number of hydrogen-bond donors (Lipinski definition) is 2. The van der Waals surface area contributed by atoms with Crippen molar-refractivity contribution in [1.29, 1.82) is 5.26 Å². The van der Waals surface area contributed by atoms with E-state index in [0.29, 0.717) is 17.9 Å². The third-order valence-corrected chi connectivity index (χ3v) is 5.86. The van der Waals surface area contributed by atoms with Gasteiger partial charge in [-0.05, 0) is 66.4 Å². The minimum atomic E-state index is -0.912. The molecule has 0 saturated carbocycles. The highest BCUT2D eigenvalue weighted by molar-refractivity contribution is 5.71. The van der Waals surface area contributed by atoms with Crippen LogP contribution >= 0.6 is 0 Å². The van der Waals surface area contributed by atoms with Gasteiger partial charge in [-0.25, -0.2) is 0 Å². The van der Waals surface area contributed by atoms with Crippen molar-refractivity contribution in [3.05, 3.63) is 82.9 Å². The van der Waals surface area contributed by atoms with Crippen molar-refractivity contribution in [3.8, 4) is 28.7 Å². The molecule has 0 unspecified atom stereocenters. The fraction of sp³-hybridized carbons (Fsp3) is 0.259. The number of nitriles is 1. The molecule has 1 aliphatic heterocycles. The van der Waals surface area contributed by atoms with Crippen LogP contribution in [0.25, 0.3) is 11.1 Å². The smallest absolute Gasteiger partial charge is 0.307 e. The molecule has 3 aromatic carbocycles. The molecule has 6 heteroatoms. The van der Waals surface area contributed by atoms with Gasteiger partial charge in [-0.2, -0.15) is 5.26 Å². The van der Waals surface area contributed by atoms with E-state index < -0.39 is 11.4 Å². The molecule has 3 aromatic rings. The molecule has 1 heterocycles. The number of nitrogens with zero attached hydrogens (tertiary/aromatic N) is 1. The second kappa shape index (κ2) is 8.97. The van der Waals surface area contributed by atoms with Crippen LogP contribution in [0.2, 0.25) is 0 Å². The fourth-order valence-electron chi connectivity index (χ4n) is 3.90. The van der Waals surface area contributed by atoms with Crippen LogP contribution in [0.5, 0.6) is 11.5 Å². The van der Waals surface area contributed by atoms with Gasteiger partial charge in [0.05, 0.1) is 23.9 Å². The van der Waals surface area contributed by atoms with Crippen LogP contribution in [-0.4, -0.2) is 17.7 Å². The molecular formula is C27H26N2O4. The van der Waals surface area contributed by atoms with E-state index in [4.69, 9.17) is 15.2 Å². The van der Waals surface area contributed by atoms with Gasteiger partial charge >= 0.3 is 5.97 Å². The van der Waals surface area contributed by atoms with Crippen LogP contribution in [0.3, 0.4) is 0 Å². The van der Waals surface area contributed by atoms with Crippen LogP contribution < -0.4 is 15.2 Å². The highest BCUT2D eigenvalue weighted by atomic mass is 16.5. The van der Waals surface area contributed by atoms with Gasteiger partial charge in [0.2, 0.25) is 0 Å². The Morgan fingerprint density at radius 3 is 2.73 bits per heavy atom. The number of nitrogens with two attached hydrogens (primary N) is 1. The van der Waals surface area contributed by atoms with Gasteiger partial charge in [0.25, 0.3) is 0 Å². The van der Waals surface area contributed by atoms with E-state index in [0.717, 1.165) is 33.6 Å². The van der Waals surface area contributed by atoms with E-state index in [1.807, 2.05) is 56.3 Å². The highest BCUT2D eigenvalue weighted by Crippen LogP contribution is 2.36. The summed E-state index contributed by atoms with van der Waals surface area (Å²) >= 11 is 0. The fourth-order valence-corrected chi connectivity index (χ4v) is 3.90. The maximum Gasteiger partial charge on any atom is 0.307 e. The Morgan fingerprint density at radius 2 is 1.97 bits per heavy atom. The van der Waals surface area contributed by atoms with E-state index in [1.54, 1.807) is 18.2 Å². The number of benzene rings is 3. The lowest BCUT2D eigenvalue weighted by atomic mass is 9.83. The van der Waals surface area contributed by atoms with Gasteiger partial charge < -0.3 is 20.3 Å². The van der Waals surface area contributed by atoms with Gasteiger partial charge in [-0.3, -0.25) is 4.79 Å². The number of aliphatic carboxylic acids is 1. The van der Waals surface area contributed by atoms with Crippen molar-refractivity contribution in [3.63, 3.8) is 0 Å². The van der Waals surface area contributed by atoms with Crippen molar-refractivity contribution in [2.45, 2.75) is 38.3 Å². The van der Waals surface area contributed by atoms with Crippen LogP contribution in [0.15, 0.2) is 60.7 Å². The highest BCUT2D eigenvalue weighted by Gasteiger charge is 2.24. The number of carboxylic acid groups (broad SMARTS) is 1. The molecule has 33 heavy (non-hydrogen) atoms. The first-order valence-corrected chi connectivity index (χ1v) is 10.8. The number of fused-ring (bicyclic) bond motifs is 1. The number of ether oxygens (including phenoxy) is 2. The van der Waals surface area contributed by atoms with Crippen LogP contribution in [0.1, 0.15) is 42.1 Å². The summed E-state index contributed by atoms with van der Waals surface area (Å²) < 4.78 is 11.6. The molecule has 0 amide bonds. The average Bonchev–Trinajstić information content (AvgIpc) is 3.18. The van der Waals surface area contributed by atoms with Crippen molar-refractivity contribution < 1.29 is 19.4 Å². The van der Waals surface area contributed by atoms with E-state index in [-0.39, 0.29) is 19.1 Å². The van der Waals surface area contributed by atoms with Crippen molar-refractivity contribution >= 4 is 5.97 Å². The Balaban J connectivity index is 1.70. The second-order valence-electron chi connectivity index (χ2n) is 8.79. The molecule has 0 saturated heterocycles. The van der Waals surface area contributed by atoms with Crippen molar-refractivity contribution in [2.75, 3.05) is 6.61 Å². The first-order chi connectivity index (χ1) is 15.8. The molecular weight excluding hydrogens is 416 g/mol. The predicted molar refractivity (Wildman–Crippen MR) is 125 cm³/mol. The van der Waals surface area contributed by atoms with E-state index in [1.165, 1.54) is 0 Å². The zero-order valence-electron chi connectivity index (χ0n) is 18.7. The third kappa shape index (κ3) is 4.84. The van der Waals surface area contributed by atoms with Crippen LogP contribution in [0.4, 0.5) is 0 Å². The molecule has 4 rings (SSSR count). The monoisotopic (exact) mass is 442 g/mol. The van der Waals surface area contributed by atoms with Crippen molar-refractivity contribution in [1.82, 2.24) is 0 Å². The Morgan fingerprint density at radius 1 is 1.18 bits per heavy atom. The lowest BCUT2D eigenvalue weighted by Gasteiger charge is -2.20. The Kier molecular flexibility index (Phi) is 6.08. The van der Waals surface area contributed by atoms with Gasteiger partial charge in [0.15, 0.2) is 0 Å². The summed E-state index contributed by atoms with van der Waals surface area (Å²) in [7, 11) is 0. The first-order valence-electron chi connectivity index (χ1n) is 10.8. The number of hydrogen-bond acceptors (Lipinski definition) is 5. The molecule has 0 bridgehead atoms. The molecule has 0 spiro atoms. The molecule has 168 valence electrons. The maximum absolute atomic E-state index is 11.2. The standard InChI is InChI=1S/C27H26N2O4/c1-27(2,16-28)21-10-17(14-32-24-6-4-3-5-19(24)13-26(30)31)9-20(11-21)18-7-8-25-22(12-18)23(29)15-33-25/h3-12,23H,13-15,29H2,1-2H3,(H,30,31)/t23-/m1/s1. The van der Waals surface area contributed by atoms with Gasteiger partial charge in [-0.1, -0.05) is 30.3 Å². The van der Waals surface area contributed by atoms with Gasteiger partial charge in [-0.15, -0.1) is 0 Å². The number of carbonyl (C=O) groups is 1. The molecule has 3 N–H and O–H groups in total. The lowest BCUT2D eigenvalue weighted by molar-refractivity contribution is -0.136. The third-order valence-electron chi connectivity index (χ3n) is 5.86. The largest absolute Gasteiger partial charge is 0.491 e. The summed E-state index contributed by atoms with van der Waals surface area (Å²) in [5.74, 6) is 0.426. The summed E-state index contributed by atoms with van der Waals surface area (Å²) in [6.07, 6.45) is -0.111. The summed E-state index contributed by atoms with van der Waals surface area (Å²) in [6, 6.07) is 21.3. The molecule has 0 fully saturated rings. The zero-order chi connectivity index (χ0) is 23.6. The molecule has 6 nitrogen and oxygen atoms in total. The Labute approximate surface area is 193 Å². The van der Waals surface area contributed by atoms with E-state index >= 15 is 0 Å². The number of para-hydroxylation sites is 1. The number of carboxylic acids is 1. The maximum atomic E-state index is 11.2. The zero-order valence-corrected chi connectivity index (χ0v) is 18.7. The van der Waals surface area contributed by atoms with Gasteiger partial charge in [0, 0.05) is 11.1 Å². The van der Waals surface area contributed by atoms with E-state index in [2.05, 4.69) is 6.07 Å². The average molecular weight is 443 g/mol. The molecule has 1 atom stereocenters. The Hall–Kier alpha value is -3.82. The molecule has 1 aliphatic rings. The minimum absolute atomic E-state index is 0.111. The van der Waals surface area contributed by atoms with E-state index in [9.17, 15) is 15.2 Å². The SMILES string of the molecule is CC(C)(C#N)c1cc(COc2ccccc2CC(=O)O)cc(-c2ccc3c(c2)[C@H](N)CO3)c1. The van der Waals surface area contributed by atoms with Crippen LogP contribution in [-0.2, 0) is 23.2 Å². The lowest BCUT2D eigenvalue weighted by Crippen LogP contribution is -2.15. The summed E-state index contributed by atoms with van der Waals surface area (Å²) in [6.45, 7) is 4.47. The second-order valence-corrected chi connectivity index (χ2v) is 8.79. The van der Waals surface area contributed by atoms with Crippen LogP contribution in [0, 0.1) is 11.3 Å². The number of rotatable bonds is 7. The predicted octanol–water partition coefficient (Wildman–Crippen LogP) is 4.75. The molecule has 0 aromatic heterocycles. The summed E-state index contributed by atoms with van der Waals surface area (Å²) in [5, 5.41) is 18.9. The quantitative estimate of drug-likeness (QED) is 0.547. The first kappa shape index (κ1) is 22.4. The molecule has 0 aliphatic carbocycles. The summed E-state index contributed by atoms with van der Waals surface area (Å²) in [4.78, 5) is 11.2. The topological polar surface area (TPSA) is 106 Å². The molecule has 0 radical (unpaired) electrons. The Bertz CT molecular complexity index is 1240. The normalized spacial score (nSPS) is 14.8. The minimum Gasteiger partial charge on any atom is -0.491 e. The summed E-state index contributed by atoms with van der Waals surface area (Å²) in [5.41, 5.74) is 10.8.